The van der Waals surface area contributed by atoms with E-state index in [1.54, 1.807) is 43.5 Å². The van der Waals surface area contributed by atoms with Crippen LogP contribution in [0.3, 0.4) is 0 Å². The minimum Gasteiger partial charge on any atom is -0.497 e. The highest BCUT2D eigenvalue weighted by atomic mass is 16.5. The second kappa shape index (κ2) is 9.76. The van der Waals surface area contributed by atoms with Gasteiger partial charge in [0.05, 0.1) is 30.9 Å². The van der Waals surface area contributed by atoms with Gasteiger partial charge in [-0.2, -0.15) is 5.26 Å². The highest BCUT2D eigenvalue weighted by molar-refractivity contribution is 5.94. The van der Waals surface area contributed by atoms with Crippen molar-refractivity contribution >= 4 is 17.4 Å². The molecule has 1 heterocycles. The maximum Gasteiger partial charge on any atom is 0.252 e. The molecule has 0 bridgehead atoms. The first-order chi connectivity index (χ1) is 14.2. The fourth-order valence-electron chi connectivity index (χ4n) is 2.49. The third-order valence-electron chi connectivity index (χ3n) is 4.03. The molecule has 0 saturated carbocycles. The molecule has 7 nitrogen and oxygen atoms in total. The number of aromatic nitrogens is 1. The molecule has 0 aliphatic rings. The molecule has 29 heavy (non-hydrogen) atoms. The second-order valence-corrected chi connectivity index (χ2v) is 6.03. The van der Waals surface area contributed by atoms with E-state index in [2.05, 4.69) is 21.7 Å². The Balaban J connectivity index is 1.45. The van der Waals surface area contributed by atoms with Gasteiger partial charge in [-0.1, -0.05) is 0 Å². The summed E-state index contributed by atoms with van der Waals surface area (Å²) >= 11 is 0. The van der Waals surface area contributed by atoms with Crippen LogP contribution in [-0.2, 0) is 0 Å². The van der Waals surface area contributed by atoms with E-state index in [0.717, 1.165) is 11.4 Å². The van der Waals surface area contributed by atoms with Gasteiger partial charge in [-0.15, -0.1) is 0 Å². The lowest BCUT2D eigenvalue weighted by atomic mass is 10.2. The van der Waals surface area contributed by atoms with Gasteiger partial charge in [0, 0.05) is 11.9 Å². The summed E-state index contributed by atoms with van der Waals surface area (Å²) in [4.78, 5) is 16.5. The predicted molar refractivity (Wildman–Crippen MR) is 109 cm³/mol. The average Bonchev–Trinajstić information content (AvgIpc) is 2.78. The van der Waals surface area contributed by atoms with Crippen LogP contribution < -0.4 is 20.1 Å². The van der Waals surface area contributed by atoms with Crippen molar-refractivity contribution in [2.24, 2.45) is 0 Å². The number of nitrogens with zero attached hydrogens (tertiary/aromatic N) is 2. The summed E-state index contributed by atoms with van der Waals surface area (Å²) in [6, 6.07) is 19.8. The molecule has 1 aromatic heterocycles. The second-order valence-electron chi connectivity index (χ2n) is 6.03. The number of nitrogens with one attached hydrogen (secondary N) is 2. The van der Waals surface area contributed by atoms with Gasteiger partial charge in [-0.05, 0) is 60.7 Å². The van der Waals surface area contributed by atoms with Gasteiger partial charge in [0.15, 0.2) is 0 Å². The molecule has 2 aromatic carbocycles. The summed E-state index contributed by atoms with van der Waals surface area (Å²) in [5.41, 5.74) is 1.86. The first-order valence-corrected chi connectivity index (χ1v) is 8.96. The van der Waals surface area contributed by atoms with Crippen LogP contribution in [0, 0.1) is 11.3 Å². The summed E-state index contributed by atoms with van der Waals surface area (Å²) in [5.74, 6) is 1.85. The minimum absolute atomic E-state index is 0.222. The highest BCUT2D eigenvalue weighted by Gasteiger charge is 2.06. The molecule has 0 aliphatic carbocycles. The molecule has 0 unspecified atom stereocenters. The number of carbonyl (C=O) groups is 1. The molecule has 1 amide bonds. The third kappa shape index (κ3) is 5.71. The largest absolute Gasteiger partial charge is 0.497 e. The fraction of sp³-hybridized carbons (Fsp3) is 0.136. The topological polar surface area (TPSA) is 96.3 Å². The normalized spacial score (nSPS) is 9.93. The first-order valence-electron chi connectivity index (χ1n) is 8.96. The quantitative estimate of drug-likeness (QED) is 0.573. The number of amides is 1. The van der Waals surface area contributed by atoms with Crippen molar-refractivity contribution < 1.29 is 14.3 Å². The van der Waals surface area contributed by atoms with E-state index in [-0.39, 0.29) is 5.91 Å². The van der Waals surface area contributed by atoms with Crippen LogP contribution in [0.15, 0.2) is 66.9 Å². The Morgan fingerprint density at radius 2 is 1.76 bits per heavy atom. The van der Waals surface area contributed by atoms with Crippen LogP contribution in [0.25, 0.3) is 0 Å². The summed E-state index contributed by atoms with van der Waals surface area (Å²) < 4.78 is 10.7. The van der Waals surface area contributed by atoms with E-state index in [1.165, 1.54) is 6.20 Å². The molecule has 0 fully saturated rings. The van der Waals surface area contributed by atoms with Crippen molar-refractivity contribution in [3.8, 4) is 17.6 Å². The zero-order valence-electron chi connectivity index (χ0n) is 15.9. The van der Waals surface area contributed by atoms with Crippen LogP contribution in [0.1, 0.15) is 15.9 Å². The molecule has 0 aliphatic heterocycles. The number of pyridine rings is 1. The Morgan fingerprint density at radius 1 is 1.03 bits per heavy atom. The number of nitriles is 1. The van der Waals surface area contributed by atoms with Crippen molar-refractivity contribution in [1.29, 1.82) is 5.26 Å². The summed E-state index contributed by atoms with van der Waals surface area (Å²) in [5, 5.41) is 14.7. The molecule has 7 heteroatoms. The van der Waals surface area contributed by atoms with Crippen LogP contribution in [0.2, 0.25) is 0 Å². The van der Waals surface area contributed by atoms with Crippen LogP contribution >= 0.6 is 0 Å². The van der Waals surface area contributed by atoms with Crippen molar-refractivity contribution in [2.45, 2.75) is 0 Å². The number of benzene rings is 2. The van der Waals surface area contributed by atoms with Gasteiger partial charge in [0.25, 0.3) is 5.91 Å². The van der Waals surface area contributed by atoms with Gasteiger partial charge < -0.3 is 20.1 Å². The minimum atomic E-state index is -0.222. The van der Waals surface area contributed by atoms with E-state index >= 15 is 0 Å². The van der Waals surface area contributed by atoms with Gasteiger partial charge in [-0.25, -0.2) is 4.98 Å². The molecular formula is C22H20N4O3. The number of rotatable bonds is 8. The molecule has 3 aromatic rings. The lowest BCUT2D eigenvalue weighted by Gasteiger charge is -2.09. The van der Waals surface area contributed by atoms with E-state index in [4.69, 9.17) is 14.7 Å². The molecule has 0 radical (unpaired) electrons. The Bertz CT molecular complexity index is 979. The molecule has 146 valence electrons. The van der Waals surface area contributed by atoms with Crippen LogP contribution in [0.5, 0.6) is 11.5 Å². The third-order valence-corrected chi connectivity index (χ3v) is 4.03. The molecule has 3 rings (SSSR count). The summed E-state index contributed by atoms with van der Waals surface area (Å²) in [6.45, 7) is 0.722. The van der Waals surface area contributed by atoms with E-state index in [1.807, 2.05) is 24.3 Å². The average molecular weight is 388 g/mol. The molecular weight excluding hydrogens is 368 g/mol. The molecule has 0 spiro atoms. The molecule has 2 N–H and O–H groups in total. The number of hydrogen-bond donors (Lipinski definition) is 2. The molecule has 0 saturated heterocycles. The Kier molecular flexibility index (Phi) is 6.63. The zero-order chi connectivity index (χ0) is 20.5. The van der Waals surface area contributed by atoms with E-state index in [0.29, 0.717) is 35.8 Å². The maximum absolute atomic E-state index is 12.2. The number of anilines is 2. The van der Waals surface area contributed by atoms with Crippen molar-refractivity contribution in [3.63, 3.8) is 0 Å². The SMILES string of the molecule is COc1ccc(OCCNC(=O)c2ccc(Nc3ccc(C#N)cc3)nc2)cc1. The van der Waals surface area contributed by atoms with Crippen LogP contribution in [0.4, 0.5) is 11.5 Å². The maximum atomic E-state index is 12.2. The van der Waals surface area contributed by atoms with Gasteiger partial charge in [-0.3, -0.25) is 4.79 Å². The van der Waals surface area contributed by atoms with Gasteiger partial charge in [0.2, 0.25) is 0 Å². The summed E-state index contributed by atoms with van der Waals surface area (Å²) in [6.07, 6.45) is 1.51. The number of carbonyl (C=O) groups excluding carboxylic acids is 1. The molecule has 0 atom stereocenters. The standard InChI is InChI=1S/C22H20N4O3/c1-28-19-7-9-20(10-8-19)29-13-12-24-22(27)17-4-11-21(25-15-17)26-18-5-2-16(14-23)3-6-18/h2-11,15H,12-13H2,1H3,(H,24,27)(H,25,26). The number of ether oxygens (including phenoxy) is 2. The first kappa shape index (κ1) is 19.7. The highest BCUT2D eigenvalue weighted by Crippen LogP contribution is 2.17. The van der Waals surface area contributed by atoms with Crippen LogP contribution in [-0.4, -0.2) is 31.2 Å². The fourth-order valence-corrected chi connectivity index (χ4v) is 2.49. The Hall–Kier alpha value is -4.05. The van der Waals surface area contributed by atoms with Crippen molar-refractivity contribution in [3.05, 3.63) is 78.0 Å². The lowest BCUT2D eigenvalue weighted by molar-refractivity contribution is 0.0946. The monoisotopic (exact) mass is 388 g/mol. The van der Waals surface area contributed by atoms with E-state index in [9.17, 15) is 4.79 Å². The Labute approximate surface area is 168 Å². The van der Waals surface area contributed by atoms with Crippen molar-refractivity contribution in [2.75, 3.05) is 25.6 Å². The number of methoxy groups -OCH3 is 1. The number of hydrogen-bond acceptors (Lipinski definition) is 6. The summed E-state index contributed by atoms with van der Waals surface area (Å²) in [7, 11) is 1.61. The predicted octanol–water partition coefficient (Wildman–Crippen LogP) is 3.51. The van der Waals surface area contributed by atoms with Gasteiger partial charge in [0.1, 0.15) is 23.9 Å². The van der Waals surface area contributed by atoms with E-state index < -0.39 is 0 Å². The van der Waals surface area contributed by atoms with Crippen molar-refractivity contribution in [1.82, 2.24) is 10.3 Å². The zero-order valence-corrected chi connectivity index (χ0v) is 15.9. The smallest absolute Gasteiger partial charge is 0.252 e. The van der Waals surface area contributed by atoms with Gasteiger partial charge >= 0.3 is 0 Å². The lowest BCUT2D eigenvalue weighted by Crippen LogP contribution is -2.28. The Morgan fingerprint density at radius 3 is 2.38 bits per heavy atom.